The molecule has 0 radical (unpaired) electrons. The largest absolute Gasteiger partial charge is 0.493 e. The van der Waals surface area contributed by atoms with Crippen molar-refractivity contribution in [3.8, 4) is 11.5 Å². The number of hydrogen-bond acceptors (Lipinski definition) is 5. The van der Waals surface area contributed by atoms with Crippen molar-refractivity contribution in [3.63, 3.8) is 0 Å². The predicted octanol–water partition coefficient (Wildman–Crippen LogP) is 3.85. The van der Waals surface area contributed by atoms with Gasteiger partial charge in [0.25, 0.3) is 0 Å². The first-order chi connectivity index (χ1) is 14.5. The molecule has 0 spiro atoms. The minimum atomic E-state index is -1.06. The van der Waals surface area contributed by atoms with Crippen LogP contribution in [-0.2, 0) is 17.8 Å². The lowest BCUT2D eigenvalue weighted by Crippen LogP contribution is -2.38. The summed E-state index contributed by atoms with van der Waals surface area (Å²) in [7, 11) is 3.11. The Kier molecular flexibility index (Phi) is 5.48. The molecule has 0 saturated carbocycles. The number of fused-ring (bicyclic) bond motifs is 1. The number of methoxy groups -OCH3 is 2. The Balaban J connectivity index is 1.51. The van der Waals surface area contributed by atoms with E-state index in [4.69, 9.17) is 9.47 Å². The van der Waals surface area contributed by atoms with Crippen molar-refractivity contribution in [2.24, 2.45) is 5.41 Å². The topological polar surface area (TPSA) is 55.8 Å². The van der Waals surface area contributed by atoms with Gasteiger partial charge in [-0.25, -0.2) is 0 Å². The van der Waals surface area contributed by atoms with Gasteiger partial charge < -0.3 is 9.47 Å². The minimum absolute atomic E-state index is 0.0546. The highest BCUT2D eigenvalue weighted by Crippen LogP contribution is 2.44. The normalized spacial score (nSPS) is 21.2. The summed E-state index contributed by atoms with van der Waals surface area (Å²) in [5.74, 6) is 0.904. The van der Waals surface area contributed by atoms with Crippen LogP contribution in [0.3, 0.4) is 0 Å². The monoisotopic (exact) mass is 405 g/mol. The zero-order valence-corrected chi connectivity index (χ0v) is 17.7. The molecule has 0 unspecified atom stereocenters. The van der Waals surface area contributed by atoms with Crippen molar-refractivity contribution < 1.29 is 19.1 Å². The van der Waals surface area contributed by atoms with Crippen LogP contribution in [0.15, 0.2) is 54.1 Å². The standard InChI is InChI=1S/C25H27NO4/c1-25(15-19-13-21(29-2)22(30-3)14-20(19)24(25)28)23(27)18-9-11-26(12-10-18)16-17-7-5-4-6-8-17/h4-9,13-14H,10-12,15-16H2,1-3H3/t25-/m1/s1. The molecular weight excluding hydrogens is 378 g/mol. The maximum atomic E-state index is 13.4. The number of rotatable bonds is 6. The third-order valence-electron chi connectivity index (χ3n) is 6.23. The average Bonchev–Trinajstić information content (AvgIpc) is 3.03. The van der Waals surface area contributed by atoms with Crippen molar-refractivity contribution >= 4 is 11.6 Å². The summed E-state index contributed by atoms with van der Waals surface area (Å²) in [6.45, 7) is 4.16. The van der Waals surface area contributed by atoms with Gasteiger partial charge in [0.05, 0.1) is 19.6 Å². The summed E-state index contributed by atoms with van der Waals surface area (Å²) in [6, 6.07) is 13.8. The maximum absolute atomic E-state index is 13.4. The molecule has 4 rings (SSSR count). The van der Waals surface area contributed by atoms with Crippen LogP contribution in [0.5, 0.6) is 11.5 Å². The minimum Gasteiger partial charge on any atom is -0.493 e. The first-order valence-corrected chi connectivity index (χ1v) is 10.3. The van der Waals surface area contributed by atoms with Gasteiger partial charge in [-0.3, -0.25) is 14.5 Å². The highest BCUT2D eigenvalue weighted by molar-refractivity contribution is 6.22. The van der Waals surface area contributed by atoms with Crippen molar-refractivity contribution in [2.45, 2.75) is 26.3 Å². The van der Waals surface area contributed by atoms with E-state index in [9.17, 15) is 9.59 Å². The molecular formula is C25H27NO4. The van der Waals surface area contributed by atoms with Gasteiger partial charge in [0.15, 0.2) is 23.1 Å². The number of carbonyl (C=O) groups excluding carboxylic acids is 2. The molecule has 2 aromatic rings. The number of carbonyl (C=O) groups is 2. The Morgan fingerprint density at radius 1 is 1.10 bits per heavy atom. The van der Waals surface area contributed by atoms with E-state index in [1.807, 2.05) is 30.3 Å². The molecule has 5 nitrogen and oxygen atoms in total. The second kappa shape index (κ2) is 8.07. The van der Waals surface area contributed by atoms with E-state index in [1.165, 1.54) is 5.56 Å². The Labute approximate surface area is 177 Å². The number of nitrogens with zero attached hydrogens (tertiary/aromatic N) is 1. The highest BCUT2D eigenvalue weighted by Gasteiger charge is 2.48. The molecule has 30 heavy (non-hydrogen) atoms. The van der Waals surface area contributed by atoms with E-state index >= 15 is 0 Å². The third-order valence-corrected chi connectivity index (χ3v) is 6.23. The number of ether oxygens (including phenoxy) is 2. The molecule has 0 saturated heterocycles. The van der Waals surface area contributed by atoms with Crippen LogP contribution in [0, 0.1) is 5.41 Å². The summed E-state index contributed by atoms with van der Waals surface area (Å²) in [6.07, 6.45) is 3.06. The first kappa shape index (κ1) is 20.4. The summed E-state index contributed by atoms with van der Waals surface area (Å²) >= 11 is 0. The van der Waals surface area contributed by atoms with E-state index in [0.717, 1.165) is 30.8 Å². The maximum Gasteiger partial charge on any atom is 0.177 e. The first-order valence-electron chi connectivity index (χ1n) is 10.3. The number of benzene rings is 2. The Morgan fingerprint density at radius 3 is 2.43 bits per heavy atom. The van der Waals surface area contributed by atoms with Crippen LogP contribution in [0.25, 0.3) is 0 Å². The van der Waals surface area contributed by atoms with E-state index in [1.54, 1.807) is 27.2 Å². The molecule has 0 amide bonds. The zero-order chi connectivity index (χ0) is 21.3. The third kappa shape index (κ3) is 3.54. The van der Waals surface area contributed by atoms with Gasteiger partial charge in [-0.1, -0.05) is 36.4 Å². The zero-order valence-electron chi connectivity index (χ0n) is 17.7. The van der Waals surface area contributed by atoms with Crippen molar-refractivity contribution in [2.75, 3.05) is 27.3 Å². The smallest absolute Gasteiger partial charge is 0.177 e. The van der Waals surface area contributed by atoms with Crippen LogP contribution in [0.4, 0.5) is 0 Å². The van der Waals surface area contributed by atoms with E-state index < -0.39 is 5.41 Å². The highest BCUT2D eigenvalue weighted by atomic mass is 16.5. The Morgan fingerprint density at radius 2 is 1.80 bits per heavy atom. The summed E-state index contributed by atoms with van der Waals surface area (Å²) < 4.78 is 10.7. The molecule has 1 aliphatic heterocycles. The van der Waals surface area contributed by atoms with Gasteiger partial charge >= 0.3 is 0 Å². The molecule has 0 fully saturated rings. The predicted molar refractivity (Wildman–Crippen MR) is 115 cm³/mol. The summed E-state index contributed by atoms with van der Waals surface area (Å²) in [5.41, 5.74) is 2.37. The van der Waals surface area contributed by atoms with Gasteiger partial charge in [-0.15, -0.1) is 0 Å². The average molecular weight is 405 g/mol. The second-order valence-corrected chi connectivity index (χ2v) is 8.23. The van der Waals surface area contributed by atoms with E-state index in [0.29, 0.717) is 29.9 Å². The summed E-state index contributed by atoms with van der Waals surface area (Å²) in [4.78, 5) is 28.9. The molecule has 1 heterocycles. The van der Waals surface area contributed by atoms with Crippen LogP contribution >= 0.6 is 0 Å². The lowest BCUT2D eigenvalue weighted by atomic mass is 9.77. The van der Waals surface area contributed by atoms with Crippen LogP contribution in [0.1, 0.15) is 34.8 Å². The van der Waals surface area contributed by atoms with Crippen LogP contribution in [-0.4, -0.2) is 43.8 Å². The second-order valence-electron chi connectivity index (χ2n) is 8.23. The van der Waals surface area contributed by atoms with Gasteiger partial charge in [-0.2, -0.15) is 0 Å². The van der Waals surface area contributed by atoms with Crippen molar-refractivity contribution in [3.05, 3.63) is 70.8 Å². The van der Waals surface area contributed by atoms with Gasteiger partial charge in [-0.05, 0) is 48.6 Å². The van der Waals surface area contributed by atoms with Gasteiger partial charge in [0.1, 0.15) is 0 Å². The molecule has 2 aliphatic rings. The molecule has 2 aromatic carbocycles. The van der Waals surface area contributed by atoms with Gasteiger partial charge in [0.2, 0.25) is 0 Å². The molecule has 0 aromatic heterocycles. The van der Waals surface area contributed by atoms with E-state index in [2.05, 4.69) is 17.0 Å². The number of ketones is 2. The summed E-state index contributed by atoms with van der Waals surface area (Å²) in [5, 5.41) is 0. The van der Waals surface area contributed by atoms with Crippen LogP contribution < -0.4 is 9.47 Å². The Hall–Kier alpha value is -2.92. The fourth-order valence-corrected chi connectivity index (χ4v) is 4.48. The fraction of sp³-hybridized carbons (Fsp3) is 0.360. The fourth-order valence-electron chi connectivity index (χ4n) is 4.48. The molecule has 156 valence electrons. The lowest BCUT2D eigenvalue weighted by molar-refractivity contribution is -0.121. The van der Waals surface area contributed by atoms with Gasteiger partial charge in [0, 0.05) is 25.2 Å². The number of Topliss-reactive ketones (excluding diaryl/α,β-unsaturated/α-hetero) is 2. The SMILES string of the molecule is COc1cc2c(cc1OC)C(=O)[C@@](C)(C(=O)C1=CCN(Cc3ccccc3)CC1)C2. The van der Waals surface area contributed by atoms with Crippen LogP contribution in [0.2, 0.25) is 0 Å². The quantitative estimate of drug-likeness (QED) is 0.684. The van der Waals surface area contributed by atoms with Crippen molar-refractivity contribution in [1.82, 2.24) is 4.90 Å². The Bertz CT molecular complexity index is 1010. The van der Waals surface area contributed by atoms with E-state index in [-0.39, 0.29) is 11.6 Å². The molecule has 5 heteroatoms. The number of hydrogen-bond donors (Lipinski definition) is 0. The van der Waals surface area contributed by atoms with Crippen molar-refractivity contribution in [1.29, 1.82) is 0 Å². The molecule has 0 N–H and O–H groups in total. The molecule has 0 bridgehead atoms. The molecule has 1 aliphatic carbocycles. The lowest BCUT2D eigenvalue weighted by Gasteiger charge is -2.29. The molecule has 1 atom stereocenters.